The van der Waals surface area contributed by atoms with Crippen LogP contribution in [0, 0.1) is 24.6 Å². The highest BCUT2D eigenvalue weighted by atomic mass is 32.2. The molecule has 0 spiro atoms. The molecule has 1 aromatic carbocycles. The van der Waals surface area contributed by atoms with Gasteiger partial charge in [0, 0.05) is 30.2 Å². The number of amides is 1. The first kappa shape index (κ1) is 24.4. The monoisotopic (exact) mass is 484 g/mol. The SMILES string of the molecule is C=S(C)(=O)C[C@@H]1CCC[C@H](C(=O)Nc2cc(-c3cc(F)c4ncn(C(C)C)c4c3)c(C)cn2)C1. The average Bonchev–Trinajstić information content (AvgIpc) is 3.19. The first-order valence-electron chi connectivity index (χ1n) is 11.8. The van der Waals surface area contributed by atoms with Crippen LogP contribution in [0.3, 0.4) is 0 Å². The van der Waals surface area contributed by atoms with E-state index in [1.165, 1.54) is 6.07 Å². The summed E-state index contributed by atoms with van der Waals surface area (Å²) in [4.78, 5) is 21.6. The first-order chi connectivity index (χ1) is 16.0. The largest absolute Gasteiger partial charge is 0.328 e. The summed E-state index contributed by atoms with van der Waals surface area (Å²) in [7, 11) is -2.08. The van der Waals surface area contributed by atoms with Gasteiger partial charge in [-0.2, -0.15) is 0 Å². The van der Waals surface area contributed by atoms with Crippen LogP contribution < -0.4 is 5.32 Å². The first-order valence-corrected chi connectivity index (χ1v) is 14.1. The zero-order chi connectivity index (χ0) is 24.6. The zero-order valence-corrected chi connectivity index (χ0v) is 21.1. The van der Waals surface area contributed by atoms with Crippen molar-refractivity contribution in [2.75, 3.05) is 17.3 Å². The lowest BCUT2D eigenvalue weighted by molar-refractivity contribution is -0.121. The maximum Gasteiger partial charge on any atom is 0.228 e. The number of anilines is 1. The molecule has 1 N–H and O–H groups in total. The molecule has 0 saturated heterocycles. The highest BCUT2D eigenvalue weighted by Crippen LogP contribution is 2.33. The number of aryl methyl sites for hydroxylation is 1. The lowest BCUT2D eigenvalue weighted by Gasteiger charge is -2.28. The Hall–Kier alpha value is -2.74. The van der Waals surface area contributed by atoms with Crippen molar-refractivity contribution in [3.05, 3.63) is 42.1 Å². The quantitative estimate of drug-likeness (QED) is 0.487. The van der Waals surface area contributed by atoms with Crippen LogP contribution >= 0.6 is 0 Å². The van der Waals surface area contributed by atoms with Gasteiger partial charge in [0.25, 0.3) is 0 Å². The van der Waals surface area contributed by atoms with E-state index in [9.17, 15) is 13.4 Å². The summed E-state index contributed by atoms with van der Waals surface area (Å²) in [6, 6.07) is 5.38. The standard InChI is InChI=1S/C26H33FN4O2S/c1-16(2)31-15-29-25-22(27)10-20(11-23(25)31)21-12-24(28-13-17(21)3)30-26(32)19-8-6-7-18(9-19)14-34(4,5)33/h10-13,15-16,18-19H,4,6-9,14H2,1-3,5H3,(H,28,30,32)/t18-,19+,34?/m1/s1. The van der Waals surface area contributed by atoms with Crippen LogP contribution in [0.2, 0.25) is 0 Å². The molecule has 8 heteroatoms. The maximum absolute atomic E-state index is 14.9. The molecular weight excluding hydrogens is 451 g/mol. The molecule has 2 heterocycles. The number of aromatic nitrogens is 3. The Kier molecular flexibility index (Phi) is 6.80. The fourth-order valence-corrected chi connectivity index (χ4v) is 6.27. The van der Waals surface area contributed by atoms with Crippen molar-refractivity contribution in [1.29, 1.82) is 0 Å². The molecule has 0 radical (unpaired) electrons. The van der Waals surface area contributed by atoms with Gasteiger partial charge in [-0.1, -0.05) is 6.42 Å². The van der Waals surface area contributed by atoms with Crippen LogP contribution in [-0.4, -0.2) is 42.5 Å². The van der Waals surface area contributed by atoms with Crippen LogP contribution in [0.5, 0.6) is 0 Å². The number of hydrogen-bond acceptors (Lipinski definition) is 4. The summed E-state index contributed by atoms with van der Waals surface area (Å²) in [5.41, 5.74) is 3.50. The van der Waals surface area contributed by atoms with E-state index in [4.69, 9.17) is 0 Å². The smallest absolute Gasteiger partial charge is 0.228 e. The second-order valence-electron chi connectivity index (χ2n) is 10.0. The van der Waals surface area contributed by atoms with Crippen molar-refractivity contribution in [2.24, 2.45) is 11.8 Å². The van der Waals surface area contributed by atoms with E-state index in [1.807, 2.05) is 31.4 Å². The molecule has 1 amide bonds. The number of halogens is 1. The van der Waals surface area contributed by atoms with Crippen molar-refractivity contribution in [2.45, 2.75) is 52.5 Å². The fourth-order valence-electron chi connectivity index (χ4n) is 4.97. The second-order valence-corrected chi connectivity index (χ2v) is 12.7. The number of imidazole rings is 1. The Bertz CT molecular complexity index is 1330. The van der Waals surface area contributed by atoms with Gasteiger partial charge in [0.2, 0.25) is 5.91 Å². The van der Waals surface area contributed by atoms with Crippen LogP contribution in [0.1, 0.15) is 51.1 Å². The lowest BCUT2D eigenvalue weighted by atomic mass is 9.82. The number of benzene rings is 1. The molecule has 2 aromatic heterocycles. The van der Waals surface area contributed by atoms with Gasteiger partial charge in [0.05, 0.1) is 11.8 Å². The Morgan fingerprint density at radius 3 is 2.76 bits per heavy atom. The van der Waals surface area contributed by atoms with Gasteiger partial charge in [-0.05, 0) is 96.2 Å². The number of fused-ring (bicyclic) bond motifs is 1. The topological polar surface area (TPSA) is 76.9 Å². The number of hydrogen-bond donors (Lipinski definition) is 1. The van der Waals surface area contributed by atoms with Crippen molar-refractivity contribution in [3.63, 3.8) is 0 Å². The number of carbonyl (C=O) groups is 1. The van der Waals surface area contributed by atoms with E-state index in [0.717, 1.165) is 35.9 Å². The minimum absolute atomic E-state index is 0.0711. The average molecular weight is 485 g/mol. The van der Waals surface area contributed by atoms with Gasteiger partial charge in [-0.15, -0.1) is 0 Å². The van der Waals surface area contributed by atoms with Crippen LogP contribution in [0.15, 0.2) is 30.7 Å². The normalized spacial score (nSPS) is 20.4. The van der Waals surface area contributed by atoms with E-state index in [0.29, 0.717) is 29.1 Å². The van der Waals surface area contributed by atoms with Crippen molar-refractivity contribution in [3.8, 4) is 11.1 Å². The summed E-state index contributed by atoms with van der Waals surface area (Å²) in [5, 5.41) is 2.96. The fraction of sp³-hybridized carbons (Fsp3) is 0.462. The van der Waals surface area contributed by atoms with Gasteiger partial charge in [-0.3, -0.25) is 9.00 Å². The highest BCUT2D eigenvalue weighted by Gasteiger charge is 2.28. The van der Waals surface area contributed by atoms with Crippen molar-refractivity contribution >= 4 is 38.2 Å². The van der Waals surface area contributed by atoms with E-state index >= 15 is 0 Å². The molecule has 0 bridgehead atoms. The summed E-state index contributed by atoms with van der Waals surface area (Å²) < 4.78 is 28.9. The third-order valence-corrected chi connectivity index (χ3v) is 7.77. The lowest BCUT2D eigenvalue weighted by Crippen LogP contribution is -2.30. The summed E-state index contributed by atoms with van der Waals surface area (Å²) >= 11 is 0. The minimum atomic E-state index is -2.08. The van der Waals surface area contributed by atoms with Gasteiger partial charge in [-0.25, -0.2) is 14.4 Å². The summed E-state index contributed by atoms with van der Waals surface area (Å²) in [5.74, 6) is 4.44. The van der Waals surface area contributed by atoms with Gasteiger partial charge < -0.3 is 9.88 Å². The molecule has 1 unspecified atom stereocenters. The molecular formula is C26H33FN4O2S. The Morgan fingerprint density at radius 2 is 2.06 bits per heavy atom. The molecule has 0 aliphatic heterocycles. The van der Waals surface area contributed by atoms with E-state index in [1.54, 1.807) is 24.8 Å². The van der Waals surface area contributed by atoms with Gasteiger partial charge >= 0.3 is 0 Å². The van der Waals surface area contributed by atoms with E-state index < -0.39 is 9.52 Å². The molecule has 1 saturated carbocycles. The molecule has 34 heavy (non-hydrogen) atoms. The number of carbonyl (C=O) groups excluding carboxylic acids is 1. The second kappa shape index (κ2) is 9.49. The maximum atomic E-state index is 14.9. The molecule has 3 aromatic rings. The predicted octanol–water partition coefficient (Wildman–Crippen LogP) is 5.22. The number of pyridine rings is 1. The zero-order valence-electron chi connectivity index (χ0n) is 20.3. The Labute approximate surface area is 201 Å². The predicted molar refractivity (Wildman–Crippen MR) is 138 cm³/mol. The molecule has 182 valence electrons. The summed E-state index contributed by atoms with van der Waals surface area (Å²) in [6.07, 6.45) is 8.49. The van der Waals surface area contributed by atoms with Crippen LogP contribution in [0.4, 0.5) is 10.2 Å². The number of nitrogens with zero attached hydrogens (tertiary/aromatic N) is 3. The highest BCUT2D eigenvalue weighted by molar-refractivity contribution is 7.99. The summed E-state index contributed by atoms with van der Waals surface area (Å²) in [6.45, 7) is 5.98. The molecule has 6 nitrogen and oxygen atoms in total. The molecule has 1 aliphatic carbocycles. The molecule has 1 fully saturated rings. The van der Waals surface area contributed by atoms with Gasteiger partial charge in [0.15, 0.2) is 5.82 Å². The van der Waals surface area contributed by atoms with Crippen molar-refractivity contribution in [1.82, 2.24) is 14.5 Å². The molecule has 1 aliphatic rings. The number of rotatable bonds is 6. The Morgan fingerprint density at radius 1 is 1.29 bits per heavy atom. The minimum Gasteiger partial charge on any atom is -0.328 e. The third kappa shape index (κ3) is 5.32. The molecule has 4 rings (SSSR count). The van der Waals surface area contributed by atoms with Gasteiger partial charge in [0.1, 0.15) is 11.3 Å². The van der Waals surface area contributed by atoms with Crippen LogP contribution in [0.25, 0.3) is 22.2 Å². The molecule has 3 atom stereocenters. The van der Waals surface area contributed by atoms with E-state index in [2.05, 4.69) is 21.2 Å². The number of nitrogens with one attached hydrogen (secondary N) is 1. The van der Waals surface area contributed by atoms with E-state index in [-0.39, 0.29) is 29.6 Å². The Balaban J connectivity index is 1.58. The van der Waals surface area contributed by atoms with Crippen LogP contribution in [-0.2, 0) is 14.3 Å². The third-order valence-electron chi connectivity index (χ3n) is 6.60. The van der Waals surface area contributed by atoms with Crippen molar-refractivity contribution < 1.29 is 13.4 Å².